The van der Waals surface area contributed by atoms with Gasteiger partial charge < -0.3 is 14.7 Å². The quantitative estimate of drug-likeness (QED) is 0.820. The van der Waals surface area contributed by atoms with Crippen LogP contribution >= 0.6 is 0 Å². The summed E-state index contributed by atoms with van der Waals surface area (Å²) in [5.41, 5.74) is 0. The third kappa shape index (κ3) is 3.18. The van der Waals surface area contributed by atoms with Gasteiger partial charge in [-0.3, -0.25) is 4.79 Å². The topological polar surface area (TPSA) is 52.6 Å². The third-order valence-corrected chi connectivity index (χ3v) is 3.50. The highest BCUT2D eigenvalue weighted by Crippen LogP contribution is 2.16. The van der Waals surface area contributed by atoms with E-state index in [1.54, 1.807) is 0 Å². The van der Waals surface area contributed by atoms with Gasteiger partial charge in [-0.2, -0.15) is 0 Å². The summed E-state index contributed by atoms with van der Waals surface area (Å²) in [6.45, 7) is 7.03. The lowest BCUT2D eigenvalue weighted by Gasteiger charge is -2.36. The van der Waals surface area contributed by atoms with Crippen LogP contribution in [0.2, 0.25) is 0 Å². The number of rotatable bonds is 3. The van der Waals surface area contributed by atoms with E-state index in [2.05, 4.69) is 15.1 Å². The summed E-state index contributed by atoms with van der Waals surface area (Å²) in [5, 5.41) is 8.45. The highest BCUT2D eigenvalue weighted by atomic mass is 16.2. The van der Waals surface area contributed by atoms with Crippen molar-refractivity contribution in [3.63, 3.8) is 0 Å². The molecule has 2 heterocycles. The Morgan fingerprint density at radius 1 is 1.15 bits per heavy atom. The molecule has 2 rings (SSSR count). The Morgan fingerprint density at radius 3 is 2.25 bits per heavy atom. The molecule has 1 aromatic rings. The molecule has 20 heavy (non-hydrogen) atoms. The highest BCUT2D eigenvalue weighted by Gasteiger charge is 2.23. The van der Waals surface area contributed by atoms with E-state index in [4.69, 9.17) is 0 Å². The van der Waals surface area contributed by atoms with Gasteiger partial charge in [-0.25, -0.2) is 0 Å². The molecule has 1 aromatic heterocycles. The Hall–Kier alpha value is -1.85. The standard InChI is InChI=1S/C14H23N5O/c1-11(2)14(20)19-9-7-18(8-10-19)13-6-5-12(15-16-13)17(3)4/h5-6,11H,7-10H2,1-4H3. The van der Waals surface area contributed by atoms with E-state index in [1.807, 2.05) is 49.9 Å². The SMILES string of the molecule is CC(C)C(=O)N1CCN(c2ccc(N(C)C)nn2)CC1. The summed E-state index contributed by atoms with van der Waals surface area (Å²) < 4.78 is 0. The van der Waals surface area contributed by atoms with Crippen LogP contribution in [0.1, 0.15) is 13.8 Å². The molecule has 1 aliphatic heterocycles. The first-order valence-corrected chi connectivity index (χ1v) is 7.04. The van der Waals surface area contributed by atoms with E-state index >= 15 is 0 Å². The van der Waals surface area contributed by atoms with Crippen LogP contribution in [0.3, 0.4) is 0 Å². The average Bonchev–Trinajstić information content (AvgIpc) is 2.46. The molecule has 0 aromatic carbocycles. The van der Waals surface area contributed by atoms with Gasteiger partial charge in [-0.1, -0.05) is 13.8 Å². The Balaban J connectivity index is 1.95. The predicted octanol–water partition coefficient (Wildman–Crippen LogP) is 0.847. The van der Waals surface area contributed by atoms with Crippen LogP contribution in [0, 0.1) is 5.92 Å². The first-order valence-electron chi connectivity index (χ1n) is 7.04. The van der Waals surface area contributed by atoms with E-state index < -0.39 is 0 Å². The van der Waals surface area contributed by atoms with Crippen molar-refractivity contribution in [3.8, 4) is 0 Å². The lowest BCUT2D eigenvalue weighted by atomic mass is 10.1. The van der Waals surface area contributed by atoms with E-state index in [0.29, 0.717) is 0 Å². The molecule has 0 N–H and O–H groups in total. The molecule has 0 bridgehead atoms. The lowest BCUT2D eigenvalue weighted by molar-refractivity contribution is -0.134. The van der Waals surface area contributed by atoms with Gasteiger partial charge >= 0.3 is 0 Å². The normalized spacial score (nSPS) is 15.7. The highest BCUT2D eigenvalue weighted by molar-refractivity contribution is 5.78. The average molecular weight is 277 g/mol. The van der Waals surface area contributed by atoms with E-state index in [1.165, 1.54) is 0 Å². The van der Waals surface area contributed by atoms with Crippen LogP contribution in [-0.4, -0.2) is 61.3 Å². The van der Waals surface area contributed by atoms with E-state index in [-0.39, 0.29) is 11.8 Å². The Morgan fingerprint density at radius 2 is 1.80 bits per heavy atom. The van der Waals surface area contributed by atoms with Gasteiger partial charge in [0.1, 0.15) is 0 Å². The van der Waals surface area contributed by atoms with Gasteiger partial charge in [0.15, 0.2) is 11.6 Å². The fourth-order valence-corrected chi connectivity index (χ4v) is 2.25. The fourth-order valence-electron chi connectivity index (χ4n) is 2.25. The number of hydrogen-bond acceptors (Lipinski definition) is 5. The monoisotopic (exact) mass is 277 g/mol. The maximum absolute atomic E-state index is 11.9. The zero-order chi connectivity index (χ0) is 14.7. The van der Waals surface area contributed by atoms with Crippen molar-refractivity contribution in [3.05, 3.63) is 12.1 Å². The minimum absolute atomic E-state index is 0.0701. The van der Waals surface area contributed by atoms with Gasteiger partial charge in [-0.15, -0.1) is 10.2 Å². The summed E-state index contributed by atoms with van der Waals surface area (Å²) in [6.07, 6.45) is 0. The summed E-state index contributed by atoms with van der Waals surface area (Å²) in [7, 11) is 3.89. The summed E-state index contributed by atoms with van der Waals surface area (Å²) in [6, 6.07) is 3.95. The van der Waals surface area contributed by atoms with Crippen molar-refractivity contribution < 1.29 is 4.79 Å². The van der Waals surface area contributed by atoms with Gasteiger partial charge in [0.05, 0.1) is 0 Å². The molecular weight excluding hydrogens is 254 g/mol. The molecular formula is C14H23N5O. The van der Waals surface area contributed by atoms with Crippen LogP contribution in [0.4, 0.5) is 11.6 Å². The Kier molecular flexibility index (Phi) is 4.42. The molecule has 6 nitrogen and oxygen atoms in total. The zero-order valence-corrected chi connectivity index (χ0v) is 12.7. The molecule has 1 fully saturated rings. The number of amides is 1. The minimum Gasteiger partial charge on any atom is -0.361 e. The summed E-state index contributed by atoms with van der Waals surface area (Å²) >= 11 is 0. The number of carbonyl (C=O) groups excluding carboxylic acids is 1. The van der Waals surface area contributed by atoms with Gasteiger partial charge in [0, 0.05) is 46.2 Å². The van der Waals surface area contributed by atoms with Crippen molar-refractivity contribution in [2.24, 2.45) is 5.92 Å². The van der Waals surface area contributed by atoms with Gasteiger partial charge in [0.25, 0.3) is 0 Å². The van der Waals surface area contributed by atoms with Crippen LogP contribution in [-0.2, 0) is 4.79 Å². The summed E-state index contributed by atoms with van der Waals surface area (Å²) in [4.78, 5) is 18.0. The lowest BCUT2D eigenvalue weighted by Crippen LogP contribution is -2.50. The van der Waals surface area contributed by atoms with Crippen molar-refractivity contribution >= 4 is 17.5 Å². The number of aromatic nitrogens is 2. The van der Waals surface area contributed by atoms with Crippen molar-refractivity contribution in [2.45, 2.75) is 13.8 Å². The van der Waals surface area contributed by atoms with Crippen molar-refractivity contribution in [1.82, 2.24) is 15.1 Å². The molecule has 1 aliphatic rings. The fraction of sp³-hybridized carbons (Fsp3) is 0.643. The number of anilines is 2. The Bertz CT molecular complexity index is 449. The molecule has 0 saturated carbocycles. The summed E-state index contributed by atoms with van der Waals surface area (Å²) in [5.74, 6) is 2.04. The number of hydrogen-bond donors (Lipinski definition) is 0. The van der Waals surface area contributed by atoms with Crippen LogP contribution in [0.25, 0.3) is 0 Å². The molecule has 1 saturated heterocycles. The number of carbonyl (C=O) groups is 1. The number of piperazine rings is 1. The largest absolute Gasteiger partial charge is 0.361 e. The maximum atomic E-state index is 11.9. The zero-order valence-electron chi connectivity index (χ0n) is 12.7. The van der Waals surface area contributed by atoms with Crippen LogP contribution in [0.5, 0.6) is 0 Å². The van der Waals surface area contributed by atoms with Gasteiger partial charge in [0.2, 0.25) is 5.91 Å². The molecule has 110 valence electrons. The second kappa shape index (κ2) is 6.07. The molecule has 0 atom stereocenters. The molecule has 1 amide bonds. The van der Waals surface area contributed by atoms with Crippen molar-refractivity contribution in [2.75, 3.05) is 50.1 Å². The minimum atomic E-state index is 0.0701. The molecule has 0 radical (unpaired) electrons. The Labute approximate surface area is 120 Å². The van der Waals surface area contributed by atoms with Crippen molar-refractivity contribution in [1.29, 1.82) is 0 Å². The van der Waals surface area contributed by atoms with Gasteiger partial charge in [-0.05, 0) is 12.1 Å². The van der Waals surface area contributed by atoms with E-state index in [0.717, 1.165) is 37.8 Å². The molecule has 6 heteroatoms. The first kappa shape index (κ1) is 14.6. The second-order valence-corrected chi connectivity index (χ2v) is 5.61. The third-order valence-electron chi connectivity index (χ3n) is 3.50. The molecule has 0 spiro atoms. The molecule has 0 unspecified atom stereocenters. The second-order valence-electron chi connectivity index (χ2n) is 5.61. The first-order chi connectivity index (χ1) is 9.49. The predicted molar refractivity (Wildman–Crippen MR) is 80.0 cm³/mol. The van der Waals surface area contributed by atoms with Crippen LogP contribution < -0.4 is 9.80 Å². The maximum Gasteiger partial charge on any atom is 0.225 e. The number of nitrogens with zero attached hydrogens (tertiary/aromatic N) is 5. The van der Waals surface area contributed by atoms with Crippen LogP contribution in [0.15, 0.2) is 12.1 Å². The van der Waals surface area contributed by atoms with E-state index in [9.17, 15) is 4.79 Å². The molecule has 0 aliphatic carbocycles. The smallest absolute Gasteiger partial charge is 0.225 e.